The van der Waals surface area contributed by atoms with E-state index in [0.717, 1.165) is 18.4 Å². The molecule has 1 fully saturated rings. The van der Waals surface area contributed by atoms with Gasteiger partial charge in [0, 0.05) is 12.2 Å². The van der Waals surface area contributed by atoms with Gasteiger partial charge in [0.1, 0.15) is 5.15 Å². The summed E-state index contributed by atoms with van der Waals surface area (Å²) < 4.78 is 0. The Bertz CT molecular complexity index is 315. The predicted molar refractivity (Wildman–Crippen MR) is 67.8 cm³/mol. The van der Waals surface area contributed by atoms with Gasteiger partial charge >= 0.3 is 0 Å². The second-order valence-corrected chi connectivity index (χ2v) is 5.09. The smallest absolute Gasteiger partial charge is 0.129 e. The Labute approximate surface area is 102 Å². The molecule has 3 heteroatoms. The maximum absolute atomic E-state index is 5.77. The van der Waals surface area contributed by atoms with E-state index in [1.165, 1.54) is 31.2 Å². The molecular formula is C13H19ClN2. The van der Waals surface area contributed by atoms with E-state index in [1.807, 2.05) is 12.3 Å². The number of halogens is 1. The Balaban J connectivity index is 1.84. The van der Waals surface area contributed by atoms with Gasteiger partial charge in [-0.2, -0.15) is 0 Å². The third-order valence-corrected chi connectivity index (χ3v) is 3.79. The van der Waals surface area contributed by atoms with Crippen molar-refractivity contribution in [1.29, 1.82) is 0 Å². The summed E-state index contributed by atoms with van der Waals surface area (Å²) in [5, 5.41) is 3.95. The van der Waals surface area contributed by atoms with Gasteiger partial charge in [0.15, 0.2) is 0 Å². The maximum atomic E-state index is 5.77. The van der Waals surface area contributed by atoms with Gasteiger partial charge in [0.05, 0.1) is 0 Å². The summed E-state index contributed by atoms with van der Waals surface area (Å²) in [5.41, 5.74) is 1.32. The fraction of sp³-hybridized carbons (Fsp3) is 0.615. The zero-order valence-electron chi connectivity index (χ0n) is 9.75. The first-order chi connectivity index (χ1) is 7.78. The summed E-state index contributed by atoms with van der Waals surface area (Å²) >= 11 is 5.77. The van der Waals surface area contributed by atoms with Crippen molar-refractivity contribution in [2.24, 2.45) is 5.92 Å². The molecule has 0 saturated heterocycles. The van der Waals surface area contributed by atoms with Crippen molar-refractivity contribution in [3.8, 4) is 0 Å². The third kappa shape index (κ3) is 3.19. The van der Waals surface area contributed by atoms with Crippen LogP contribution in [0.25, 0.3) is 0 Å². The molecule has 0 radical (unpaired) electrons. The topological polar surface area (TPSA) is 24.9 Å². The fourth-order valence-electron chi connectivity index (χ4n) is 2.52. The van der Waals surface area contributed by atoms with Crippen LogP contribution in [0.5, 0.6) is 0 Å². The van der Waals surface area contributed by atoms with Crippen molar-refractivity contribution in [2.75, 3.05) is 7.05 Å². The van der Waals surface area contributed by atoms with Gasteiger partial charge in [0.2, 0.25) is 0 Å². The molecule has 88 valence electrons. The van der Waals surface area contributed by atoms with Crippen LogP contribution >= 0.6 is 11.6 Å². The molecule has 16 heavy (non-hydrogen) atoms. The van der Waals surface area contributed by atoms with E-state index in [-0.39, 0.29) is 0 Å². The molecule has 0 atom stereocenters. The van der Waals surface area contributed by atoms with Crippen LogP contribution in [0.3, 0.4) is 0 Å². The normalized spacial score (nSPS) is 25.6. The number of pyridine rings is 1. The number of hydrogen-bond donors (Lipinski definition) is 1. The summed E-state index contributed by atoms with van der Waals surface area (Å²) in [7, 11) is 2.06. The van der Waals surface area contributed by atoms with Gasteiger partial charge in [-0.3, -0.25) is 0 Å². The highest BCUT2D eigenvalue weighted by Gasteiger charge is 2.19. The molecule has 0 bridgehead atoms. The molecule has 1 aliphatic carbocycles. The molecule has 1 aliphatic rings. The monoisotopic (exact) mass is 238 g/mol. The Hall–Kier alpha value is -0.600. The minimum absolute atomic E-state index is 0.586. The predicted octanol–water partition coefficient (Wildman–Crippen LogP) is 3.06. The highest BCUT2D eigenvalue weighted by molar-refractivity contribution is 6.29. The molecule has 0 aromatic carbocycles. The van der Waals surface area contributed by atoms with E-state index in [2.05, 4.69) is 23.4 Å². The Morgan fingerprint density at radius 2 is 2.06 bits per heavy atom. The molecule has 2 rings (SSSR count). The van der Waals surface area contributed by atoms with Gasteiger partial charge < -0.3 is 5.32 Å². The molecule has 0 spiro atoms. The number of nitrogens with zero attached hydrogens (tertiary/aromatic N) is 1. The summed E-state index contributed by atoms with van der Waals surface area (Å²) in [6.07, 6.45) is 8.33. The molecule has 1 heterocycles. The second-order valence-electron chi connectivity index (χ2n) is 4.70. The SMILES string of the molecule is CNC1CCC(Cc2ccc(Cl)nc2)CC1. The van der Waals surface area contributed by atoms with Gasteiger partial charge in [0.25, 0.3) is 0 Å². The average Bonchev–Trinajstić information content (AvgIpc) is 2.33. The maximum Gasteiger partial charge on any atom is 0.129 e. The molecule has 1 N–H and O–H groups in total. The molecular weight excluding hydrogens is 220 g/mol. The van der Waals surface area contributed by atoms with Crippen molar-refractivity contribution in [2.45, 2.75) is 38.1 Å². The van der Waals surface area contributed by atoms with Gasteiger partial charge in [-0.05, 0) is 56.7 Å². The standard InChI is InChI=1S/C13H19ClN2/c1-15-12-5-2-10(3-6-12)8-11-4-7-13(14)16-9-11/h4,7,9-10,12,15H,2-3,5-6,8H2,1H3. The first-order valence-electron chi connectivity index (χ1n) is 6.05. The highest BCUT2D eigenvalue weighted by atomic mass is 35.5. The van der Waals surface area contributed by atoms with Crippen LogP contribution in [-0.2, 0) is 6.42 Å². The Kier molecular flexibility index (Phi) is 4.19. The second kappa shape index (κ2) is 5.65. The quantitative estimate of drug-likeness (QED) is 0.819. The van der Waals surface area contributed by atoms with E-state index in [9.17, 15) is 0 Å². The van der Waals surface area contributed by atoms with Crippen molar-refractivity contribution < 1.29 is 0 Å². The summed E-state index contributed by atoms with van der Waals surface area (Å²) in [5.74, 6) is 0.826. The average molecular weight is 239 g/mol. The van der Waals surface area contributed by atoms with Gasteiger partial charge in [-0.25, -0.2) is 4.98 Å². The number of aromatic nitrogens is 1. The number of hydrogen-bond acceptors (Lipinski definition) is 2. The van der Waals surface area contributed by atoms with Crippen molar-refractivity contribution in [3.05, 3.63) is 29.0 Å². The van der Waals surface area contributed by atoms with E-state index in [1.54, 1.807) is 0 Å². The first kappa shape index (κ1) is 11.9. The van der Waals surface area contributed by atoms with E-state index in [4.69, 9.17) is 11.6 Å². The van der Waals surface area contributed by atoms with Crippen molar-refractivity contribution in [3.63, 3.8) is 0 Å². The first-order valence-corrected chi connectivity index (χ1v) is 6.43. The largest absolute Gasteiger partial charge is 0.317 e. The molecule has 1 aromatic rings. The lowest BCUT2D eigenvalue weighted by atomic mass is 9.83. The lowest BCUT2D eigenvalue weighted by Gasteiger charge is -2.28. The minimum Gasteiger partial charge on any atom is -0.317 e. The van der Waals surface area contributed by atoms with E-state index < -0.39 is 0 Å². The molecule has 0 unspecified atom stereocenters. The highest BCUT2D eigenvalue weighted by Crippen LogP contribution is 2.27. The number of rotatable bonds is 3. The molecule has 2 nitrogen and oxygen atoms in total. The summed E-state index contributed by atoms with van der Waals surface area (Å²) in [6.45, 7) is 0. The zero-order chi connectivity index (χ0) is 11.4. The zero-order valence-corrected chi connectivity index (χ0v) is 10.5. The fourth-order valence-corrected chi connectivity index (χ4v) is 2.63. The van der Waals surface area contributed by atoms with Crippen LogP contribution < -0.4 is 5.32 Å². The molecule has 1 saturated carbocycles. The number of nitrogens with one attached hydrogen (secondary N) is 1. The van der Waals surface area contributed by atoms with Crippen LogP contribution in [0.2, 0.25) is 5.15 Å². The Morgan fingerprint density at radius 3 is 2.62 bits per heavy atom. The van der Waals surface area contributed by atoms with Crippen LogP contribution in [0, 0.1) is 5.92 Å². The van der Waals surface area contributed by atoms with E-state index >= 15 is 0 Å². The van der Waals surface area contributed by atoms with Gasteiger partial charge in [-0.1, -0.05) is 17.7 Å². The van der Waals surface area contributed by atoms with Crippen LogP contribution in [0.15, 0.2) is 18.3 Å². The third-order valence-electron chi connectivity index (χ3n) is 3.57. The van der Waals surface area contributed by atoms with Crippen molar-refractivity contribution in [1.82, 2.24) is 10.3 Å². The Morgan fingerprint density at radius 1 is 1.31 bits per heavy atom. The van der Waals surface area contributed by atoms with E-state index in [0.29, 0.717) is 5.15 Å². The lowest BCUT2D eigenvalue weighted by molar-refractivity contribution is 0.300. The summed E-state index contributed by atoms with van der Waals surface area (Å²) in [6, 6.07) is 4.72. The van der Waals surface area contributed by atoms with Crippen LogP contribution in [-0.4, -0.2) is 18.1 Å². The molecule has 1 aromatic heterocycles. The lowest BCUT2D eigenvalue weighted by Crippen LogP contribution is -2.30. The van der Waals surface area contributed by atoms with Crippen LogP contribution in [0.1, 0.15) is 31.2 Å². The molecule has 0 aliphatic heterocycles. The summed E-state index contributed by atoms with van der Waals surface area (Å²) in [4.78, 5) is 4.13. The molecule has 0 amide bonds. The van der Waals surface area contributed by atoms with Crippen LogP contribution in [0.4, 0.5) is 0 Å². The minimum atomic E-state index is 0.586. The van der Waals surface area contributed by atoms with Crippen molar-refractivity contribution >= 4 is 11.6 Å². The van der Waals surface area contributed by atoms with Gasteiger partial charge in [-0.15, -0.1) is 0 Å².